The Morgan fingerprint density at radius 2 is 1.65 bits per heavy atom. The van der Waals surface area contributed by atoms with Crippen LogP contribution in [0, 0.1) is 0 Å². The summed E-state index contributed by atoms with van der Waals surface area (Å²) in [6.07, 6.45) is 10.8. The number of hydrogen-bond acceptors (Lipinski definition) is 2. The molecule has 1 N–H and O–H groups in total. The fourth-order valence-electron chi connectivity index (χ4n) is 2.26. The van der Waals surface area contributed by atoms with Crippen LogP contribution in [0.5, 0.6) is 5.75 Å². The molecule has 0 heterocycles. The quantitative estimate of drug-likeness (QED) is 0.513. The summed E-state index contributed by atoms with van der Waals surface area (Å²) < 4.78 is 5.21. The average molecular weight is 298 g/mol. The molecule has 114 valence electrons. The SMILES string of the molecule is CCCCCCCCCCNc1ccc(Cl)c(OC)c1. The number of unbranched alkanes of at least 4 members (excludes halogenated alkanes) is 7. The van der Waals surface area contributed by atoms with Gasteiger partial charge in [0, 0.05) is 18.3 Å². The summed E-state index contributed by atoms with van der Waals surface area (Å²) in [7, 11) is 1.64. The van der Waals surface area contributed by atoms with Crippen molar-refractivity contribution in [3.63, 3.8) is 0 Å². The van der Waals surface area contributed by atoms with Gasteiger partial charge in [-0.2, -0.15) is 0 Å². The van der Waals surface area contributed by atoms with E-state index in [9.17, 15) is 0 Å². The average Bonchev–Trinajstić information content (AvgIpc) is 2.47. The normalized spacial score (nSPS) is 10.6. The maximum Gasteiger partial charge on any atom is 0.139 e. The standard InChI is InChI=1S/C17H28ClNO/c1-3-4-5-6-7-8-9-10-13-19-15-11-12-16(18)17(14-15)20-2/h11-12,14,19H,3-10,13H2,1-2H3. The fraction of sp³-hybridized carbons (Fsp3) is 0.647. The molecule has 0 spiro atoms. The first-order valence-electron chi connectivity index (χ1n) is 7.85. The number of rotatable bonds is 11. The Morgan fingerprint density at radius 3 is 2.30 bits per heavy atom. The van der Waals surface area contributed by atoms with E-state index in [-0.39, 0.29) is 0 Å². The Hall–Kier alpha value is -0.890. The third kappa shape index (κ3) is 7.04. The third-order valence-corrected chi connectivity index (χ3v) is 3.82. The Bertz CT molecular complexity index is 368. The minimum absolute atomic E-state index is 0.658. The Labute approximate surface area is 128 Å². The smallest absolute Gasteiger partial charge is 0.139 e. The van der Waals surface area contributed by atoms with Gasteiger partial charge in [0.25, 0.3) is 0 Å². The first kappa shape index (κ1) is 17.2. The highest BCUT2D eigenvalue weighted by atomic mass is 35.5. The lowest BCUT2D eigenvalue weighted by atomic mass is 10.1. The highest BCUT2D eigenvalue weighted by Crippen LogP contribution is 2.27. The van der Waals surface area contributed by atoms with Gasteiger partial charge in [0.2, 0.25) is 0 Å². The van der Waals surface area contributed by atoms with Crippen LogP contribution in [0.4, 0.5) is 5.69 Å². The van der Waals surface area contributed by atoms with Crippen LogP contribution in [-0.2, 0) is 0 Å². The molecule has 3 heteroatoms. The number of benzene rings is 1. The van der Waals surface area contributed by atoms with Gasteiger partial charge in [-0.05, 0) is 18.6 Å². The van der Waals surface area contributed by atoms with Crippen molar-refractivity contribution in [2.24, 2.45) is 0 Å². The van der Waals surface area contributed by atoms with Gasteiger partial charge in [-0.25, -0.2) is 0 Å². The van der Waals surface area contributed by atoms with Crippen molar-refractivity contribution in [3.8, 4) is 5.75 Å². The van der Waals surface area contributed by atoms with E-state index in [1.54, 1.807) is 7.11 Å². The van der Waals surface area contributed by atoms with Crippen molar-refractivity contribution in [3.05, 3.63) is 23.2 Å². The van der Waals surface area contributed by atoms with Crippen LogP contribution in [0.1, 0.15) is 58.3 Å². The summed E-state index contributed by atoms with van der Waals surface area (Å²) in [5.74, 6) is 0.729. The predicted molar refractivity (Wildman–Crippen MR) is 89.1 cm³/mol. The maximum atomic E-state index is 6.00. The zero-order valence-electron chi connectivity index (χ0n) is 12.9. The predicted octanol–water partition coefficient (Wildman–Crippen LogP) is 5.90. The van der Waals surface area contributed by atoms with Crippen LogP contribution in [0.3, 0.4) is 0 Å². The van der Waals surface area contributed by atoms with E-state index < -0.39 is 0 Å². The van der Waals surface area contributed by atoms with Crippen molar-refractivity contribution in [2.75, 3.05) is 19.0 Å². The second-order valence-electron chi connectivity index (χ2n) is 5.25. The minimum Gasteiger partial charge on any atom is -0.495 e. The van der Waals surface area contributed by atoms with Gasteiger partial charge >= 0.3 is 0 Å². The zero-order valence-corrected chi connectivity index (χ0v) is 13.6. The fourth-order valence-corrected chi connectivity index (χ4v) is 2.46. The molecule has 0 bridgehead atoms. The molecular formula is C17H28ClNO. The molecule has 0 fully saturated rings. The summed E-state index contributed by atoms with van der Waals surface area (Å²) in [5.41, 5.74) is 1.08. The zero-order chi connectivity index (χ0) is 14.6. The van der Waals surface area contributed by atoms with Crippen LogP contribution >= 0.6 is 11.6 Å². The first-order valence-corrected chi connectivity index (χ1v) is 8.23. The van der Waals surface area contributed by atoms with E-state index in [0.717, 1.165) is 18.0 Å². The molecular weight excluding hydrogens is 270 g/mol. The molecule has 0 aliphatic carbocycles. The van der Waals surface area contributed by atoms with Gasteiger partial charge in [-0.1, -0.05) is 63.5 Å². The van der Waals surface area contributed by atoms with Crippen LogP contribution in [0.2, 0.25) is 5.02 Å². The molecule has 20 heavy (non-hydrogen) atoms. The molecule has 0 saturated heterocycles. The molecule has 0 aliphatic rings. The minimum atomic E-state index is 0.658. The molecule has 1 aromatic carbocycles. The Balaban J connectivity index is 2.06. The largest absolute Gasteiger partial charge is 0.495 e. The lowest BCUT2D eigenvalue weighted by Crippen LogP contribution is -2.01. The number of nitrogens with one attached hydrogen (secondary N) is 1. The van der Waals surface area contributed by atoms with Crippen molar-refractivity contribution in [2.45, 2.75) is 58.3 Å². The molecule has 0 radical (unpaired) electrons. The number of halogens is 1. The summed E-state index contributed by atoms with van der Waals surface area (Å²) in [5, 5.41) is 4.08. The van der Waals surface area contributed by atoms with E-state index in [1.807, 2.05) is 18.2 Å². The van der Waals surface area contributed by atoms with Crippen molar-refractivity contribution >= 4 is 17.3 Å². The van der Waals surface area contributed by atoms with Gasteiger partial charge < -0.3 is 10.1 Å². The summed E-state index contributed by atoms with van der Waals surface area (Å²) in [6.45, 7) is 3.27. The monoisotopic (exact) mass is 297 g/mol. The molecule has 0 aliphatic heterocycles. The van der Waals surface area contributed by atoms with Gasteiger partial charge in [-0.15, -0.1) is 0 Å². The Morgan fingerprint density at radius 1 is 1.00 bits per heavy atom. The van der Waals surface area contributed by atoms with Gasteiger partial charge in [0.15, 0.2) is 0 Å². The number of hydrogen-bond donors (Lipinski definition) is 1. The number of methoxy groups -OCH3 is 1. The number of ether oxygens (including phenoxy) is 1. The topological polar surface area (TPSA) is 21.3 Å². The van der Waals surface area contributed by atoms with Crippen molar-refractivity contribution < 1.29 is 4.74 Å². The van der Waals surface area contributed by atoms with Gasteiger partial charge in [0.05, 0.1) is 12.1 Å². The second kappa shape index (κ2) is 10.8. The van der Waals surface area contributed by atoms with Crippen molar-refractivity contribution in [1.82, 2.24) is 0 Å². The van der Waals surface area contributed by atoms with Gasteiger partial charge in [-0.3, -0.25) is 0 Å². The molecule has 1 rings (SSSR count). The van der Waals surface area contributed by atoms with Crippen LogP contribution in [0.15, 0.2) is 18.2 Å². The summed E-state index contributed by atoms with van der Waals surface area (Å²) in [4.78, 5) is 0. The first-order chi connectivity index (χ1) is 9.77. The third-order valence-electron chi connectivity index (χ3n) is 3.51. The highest BCUT2D eigenvalue weighted by Gasteiger charge is 2.01. The van der Waals surface area contributed by atoms with E-state index in [4.69, 9.17) is 16.3 Å². The van der Waals surface area contributed by atoms with E-state index >= 15 is 0 Å². The molecule has 0 atom stereocenters. The van der Waals surface area contributed by atoms with Crippen LogP contribution in [-0.4, -0.2) is 13.7 Å². The summed E-state index contributed by atoms with van der Waals surface area (Å²) >= 11 is 6.00. The molecule has 2 nitrogen and oxygen atoms in total. The molecule has 1 aromatic rings. The van der Waals surface area contributed by atoms with Crippen molar-refractivity contribution in [1.29, 1.82) is 0 Å². The highest BCUT2D eigenvalue weighted by molar-refractivity contribution is 6.32. The lowest BCUT2D eigenvalue weighted by molar-refractivity contribution is 0.415. The lowest BCUT2D eigenvalue weighted by Gasteiger charge is -2.09. The van der Waals surface area contributed by atoms with E-state index in [1.165, 1.54) is 51.4 Å². The molecule has 0 amide bonds. The van der Waals surface area contributed by atoms with Crippen LogP contribution < -0.4 is 10.1 Å². The van der Waals surface area contributed by atoms with E-state index in [2.05, 4.69) is 12.2 Å². The molecule has 0 saturated carbocycles. The second-order valence-corrected chi connectivity index (χ2v) is 5.66. The summed E-state index contributed by atoms with van der Waals surface area (Å²) in [6, 6.07) is 5.82. The Kier molecular flexibility index (Phi) is 9.31. The maximum absolute atomic E-state index is 6.00. The van der Waals surface area contributed by atoms with Crippen LogP contribution in [0.25, 0.3) is 0 Å². The molecule has 0 aromatic heterocycles. The van der Waals surface area contributed by atoms with E-state index in [0.29, 0.717) is 5.02 Å². The molecule has 0 unspecified atom stereocenters. The van der Waals surface area contributed by atoms with Gasteiger partial charge in [0.1, 0.15) is 5.75 Å². The number of anilines is 1.